The Morgan fingerprint density at radius 2 is 1.19 bits per heavy atom. The van der Waals surface area contributed by atoms with E-state index in [-0.39, 0.29) is 48.9 Å². The van der Waals surface area contributed by atoms with Crippen molar-refractivity contribution in [1.82, 2.24) is 15.1 Å². The van der Waals surface area contributed by atoms with Crippen LogP contribution in [0.2, 0.25) is 0 Å². The van der Waals surface area contributed by atoms with Crippen molar-refractivity contribution < 1.29 is 47.7 Å². The second-order valence-electron chi connectivity index (χ2n) is 18.9. The zero-order chi connectivity index (χ0) is 51.9. The van der Waals surface area contributed by atoms with Crippen LogP contribution >= 0.6 is 0 Å². The Labute approximate surface area is 425 Å². The average molecular weight is 994 g/mol. The van der Waals surface area contributed by atoms with Crippen molar-refractivity contribution >= 4 is 70.2 Å². The van der Waals surface area contributed by atoms with Crippen LogP contribution in [-0.4, -0.2) is 104 Å². The van der Waals surface area contributed by atoms with Gasteiger partial charge in [-0.05, 0) is 77.9 Å². The fraction of sp³-hybridized carbons (Fsp3) is 0.375. The van der Waals surface area contributed by atoms with E-state index in [9.17, 15) is 24.0 Å². The van der Waals surface area contributed by atoms with Crippen LogP contribution in [0.15, 0.2) is 95.2 Å². The molecule has 5 amide bonds. The maximum atomic E-state index is 14.1. The zero-order valence-corrected chi connectivity index (χ0v) is 42.3. The van der Waals surface area contributed by atoms with Crippen molar-refractivity contribution in [2.75, 3.05) is 39.9 Å². The first-order valence-corrected chi connectivity index (χ1v) is 24.7. The molecule has 4 aliphatic heterocycles. The summed E-state index contributed by atoms with van der Waals surface area (Å²) in [4.78, 5) is 79.6. The molecular formula is C56H63N7O10. The van der Waals surface area contributed by atoms with Crippen molar-refractivity contribution in [1.29, 1.82) is 0 Å². The van der Waals surface area contributed by atoms with E-state index < -0.39 is 29.7 Å². The summed E-state index contributed by atoms with van der Waals surface area (Å²) in [7, 11) is 4.67. The summed E-state index contributed by atoms with van der Waals surface area (Å²) < 4.78 is 29.0. The fourth-order valence-corrected chi connectivity index (χ4v) is 9.64. The largest absolute Gasteiger partial charge is 0.497 e. The number of nitrogens with one attached hydrogen (secondary N) is 2. The summed E-state index contributed by atoms with van der Waals surface area (Å²) in [5.41, 5.74) is 11.8. The number of fused-ring (bicyclic) bond motifs is 4. The molecule has 4 heterocycles. The second-order valence-corrected chi connectivity index (χ2v) is 18.9. The number of aliphatic imine (C=N–C) groups is 2. The number of primary amides is 1. The number of methoxy groups -OCH3 is 3. The maximum absolute atomic E-state index is 14.1. The summed E-state index contributed by atoms with van der Waals surface area (Å²) in [5.74, 6) is -0.734. The molecule has 0 radical (unpaired) electrons. The number of nitrogens with zero attached hydrogens (tertiary/aromatic N) is 4. The number of carbonyl (C=O) groups excluding carboxylic acids is 5. The lowest BCUT2D eigenvalue weighted by molar-refractivity contribution is -0.136. The third kappa shape index (κ3) is 11.3. The summed E-state index contributed by atoms with van der Waals surface area (Å²) in [6.07, 6.45) is 11.0. The Balaban J connectivity index is 0.849. The van der Waals surface area contributed by atoms with Gasteiger partial charge in [-0.25, -0.2) is 0 Å². The first-order chi connectivity index (χ1) is 35.2. The number of hydrogen-bond acceptors (Lipinski definition) is 12. The predicted molar refractivity (Wildman–Crippen MR) is 279 cm³/mol. The molecule has 4 aromatic carbocycles. The van der Waals surface area contributed by atoms with Gasteiger partial charge in [0.2, 0.25) is 17.7 Å². The maximum Gasteiger partial charge on any atom is 0.260 e. The smallest absolute Gasteiger partial charge is 0.260 e. The SMILES string of the molecule is CCCCC(C(N)=O)[C@H](C(=O)N[C@H](C)C(=O)Nc1ccc(C2=CN3C(=O)c4cc(OC)c(OCCCOc5cc6c(cc5OC)C(=O)N5C=C(c7ccc(OC)cc7)C[C@H]5C=N6)cc4N=C[C@@H]3C2)cc1)C(C)C. The number of nitrogens with two attached hydrogens (primary N) is 1. The van der Waals surface area contributed by atoms with E-state index in [2.05, 4.69) is 10.6 Å². The highest BCUT2D eigenvalue weighted by molar-refractivity contribution is 6.07. The van der Waals surface area contributed by atoms with Crippen molar-refractivity contribution in [3.05, 3.63) is 107 Å². The minimum atomic E-state index is -0.868. The lowest BCUT2D eigenvalue weighted by Gasteiger charge is -2.28. The highest BCUT2D eigenvalue weighted by Crippen LogP contribution is 2.42. The van der Waals surface area contributed by atoms with Gasteiger partial charge >= 0.3 is 0 Å². The minimum absolute atomic E-state index is 0.153. The molecule has 0 aromatic heterocycles. The molecule has 4 aliphatic rings. The van der Waals surface area contributed by atoms with Gasteiger partial charge < -0.3 is 49.9 Å². The fourth-order valence-electron chi connectivity index (χ4n) is 9.64. The van der Waals surface area contributed by atoms with Crippen molar-refractivity contribution in [2.24, 2.45) is 33.5 Å². The number of benzene rings is 4. The Morgan fingerprint density at radius 1 is 0.685 bits per heavy atom. The van der Waals surface area contributed by atoms with Crippen molar-refractivity contribution in [3.8, 4) is 28.7 Å². The molecule has 17 nitrogen and oxygen atoms in total. The van der Waals surface area contributed by atoms with E-state index in [0.717, 1.165) is 40.9 Å². The number of amides is 5. The highest BCUT2D eigenvalue weighted by atomic mass is 16.5. The molecule has 0 spiro atoms. The Kier molecular flexibility index (Phi) is 15.9. The topological polar surface area (TPSA) is 213 Å². The Morgan fingerprint density at radius 3 is 1.64 bits per heavy atom. The molecule has 1 unspecified atom stereocenters. The molecule has 17 heteroatoms. The van der Waals surface area contributed by atoms with Crippen LogP contribution in [0.5, 0.6) is 28.7 Å². The second kappa shape index (κ2) is 22.6. The van der Waals surface area contributed by atoms with Gasteiger partial charge in [0.25, 0.3) is 11.8 Å². The number of ether oxygens (including phenoxy) is 5. The van der Waals surface area contributed by atoms with Gasteiger partial charge in [-0.2, -0.15) is 0 Å². The van der Waals surface area contributed by atoms with Crippen LogP contribution in [0.3, 0.4) is 0 Å². The third-order valence-corrected chi connectivity index (χ3v) is 13.7. The highest BCUT2D eigenvalue weighted by Gasteiger charge is 2.37. The number of unbranched alkanes of at least 4 members (excludes halogenated alkanes) is 1. The molecular weight excluding hydrogens is 931 g/mol. The van der Waals surface area contributed by atoms with Gasteiger partial charge in [0.15, 0.2) is 23.0 Å². The van der Waals surface area contributed by atoms with E-state index in [1.54, 1.807) is 72.7 Å². The predicted octanol–water partition coefficient (Wildman–Crippen LogP) is 8.51. The number of rotatable bonds is 21. The minimum Gasteiger partial charge on any atom is -0.497 e. The summed E-state index contributed by atoms with van der Waals surface area (Å²) in [6, 6.07) is 20.3. The molecule has 0 fully saturated rings. The first kappa shape index (κ1) is 51.4. The molecule has 0 saturated carbocycles. The number of carbonyl (C=O) groups is 5. The third-order valence-electron chi connectivity index (χ3n) is 13.7. The van der Waals surface area contributed by atoms with Gasteiger partial charge in [-0.15, -0.1) is 0 Å². The van der Waals surface area contributed by atoms with Gasteiger partial charge in [-0.1, -0.05) is 57.9 Å². The molecule has 8 rings (SSSR count). The lowest BCUT2D eigenvalue weighted by Crippen LogP contribution is -2.48. The molecule has 4 aromatic rings. The first-order valence-electron chi connectivity index (χ1n) is 24.7. The molecule has 5 atom stereocenters. The van der Waals surface area contributed by atoms with Crippen LogP contribution in [0.4, 0.5) is 17.1 Å². The van der Waals surface area contributed by atoms with Gasteiger partial charge in [0.05, 0.1) is 75.0 Å². The summed E-state index contributed by atoms with van der Waals surface area (Å²) in [5, 5.41) is 5.65. The van der Waals surface area contributed by atoms with Crippen molar-refractivity contribution in [3.63, 3.8) is 0 Å². The standard InChI is InChI=1S/C56H63N7O10/c1-8-9-11-42(52(57)64)51(32(2)3)54(66)60-33(4)53(65)61-38-16-12-34(13-17-38)36-22-39-28-58-45-26-49(47(70-6)24-43(45)55(67)62(39)30-36)72-20-10-21-73-50-27-46-44(25-48(50)71-7)56(68)63-31-37(23-40(63)29-59-46)35-14-18-41(69-5)19-15-35/h12-19,24-33,39-40,42,51H,8-11,20-23H2,1-7H3,(H2,57,64)(H,60,66)(H,61,65)/t33-,39+,40+,42?,51-/m1/s1. The molecule has 0 aliphatic carbocycles. The van der Waals surface area contributed by atoms with E-state index in [4.69, 9.17) is 39.4 Å². The average Bonchev–Trinajstić information content (AvgIpc) is 3.97. The zero-order valence-electron chi connectivity index (χ0n) is 42.3. The van der Waals surface area contributed by atoms with Gasteiger partial charge in [0, 0.05) is 67.8 Å². The molecule has 73 heavy (non-hydrogen) atoms. The normalized spacial score (nSPS) is 17.7. The molecule has 382 valence electrons. The summed E-state index contributed by atoms with van der Waals surface area (Å²) in [6.45, 7) is 7.88. The quantitative estimate of drug-likeness (QED) is 0.0677. The number of hydrogen-bond donors (Lipinski definition) is 3. The molecule has 0 bridgehead atoms. The Bertz CT molecular complexity index is 2870. The van der Waals surface area contributed by atoms with Crippen LogP contribution in [0.25, 0.3) is 11.1 Å². The lowest BCUT2D eigenvalue weighted by atomic mass is 9.79. The monoisotopic (exact) mass is 993 g/mol. The van der Waals surface area contributed by atoms with Crippen molar-refractivity contribution in [2.45, 2.75) is 84.3 Å². The van der Waals surface area contributed by atoms with Crippen LogP contribution in [0.1, 0.15) is 98.1 Å². The van der Waals surface area contributed by atoms with E-state index in [1.165, 1.54) is 14.2 Å². The summed E-state index contributed by atoms with van der Waals surface area (Å²) >= 11 is 0. The Hall–Kier alpha value is -7.95. The van der Waals surface area contributed by atoms with Crippen LogP contribution in [-0.2, 0) is 14.4 Å². The van der Waals surface area contributed by atoms with Gasteiger partial charge in [0.1, 0.15) is 11.8 Å². The molecule has 4 N–H and O–H groups in total. The van der Waals surface area contributed by atoms with E-state index in [0.29, 0.717) is 76.9 Å². The van der Waals surface area contributed by atoms with E-state index in [1.807, 2.05) is 69.6 Å². The van der Waals surface area contributed by atoms with Crippen LogP contribution in [0, 0.1) is 17.8 Å². The van der Waals surface area contributed by atoms with E-state index >= 15 is 0 Å². The van der Waals surface area contributed by atoms with Crippen LogP contribution < -0.4 is 40.1 Å². The van der Waals surface area contributed by atoms with Gasteiger partial charge in [-0.3, -0.25) is 34.0 Å². The molecule has 0 saturated heterocycles. The number of anilines is 1.